The number of fused-ring (bicyclic) bond motifs is 1. The lowest BCUT2D eigenvalue weighted by Crippen LogP contribution is -2.13. The second-order valence-corrected chi connectivity index (χ2v) is 22.0. The summed E-state index contributed by atoms with van der Waals surface area (Å²) in [5.41, 5.74) is 6.70. The number of aromatic hydroxyl groups is 1. The van der Waals surface area contributed by atoms with E-state index in [2.05, 4.69) is 161 Å². The van der Waals surface area contributed by atoms with Crippen molar-refractivity contribution in [3.8, 4) is 67.5 Å². The van der Waals surface area contributed by atoms with Gasteiger partial charge in [0.25, 0.3) is 0 Å². The lowest BCUT2D eigenvalue weighted by Gasteiger charge is -2.24. The van der Waals surface area contributed by atoms with Crippen LogP contribution < -0.4 is 0 Å². The van der Waals surface area contributed by atoms with E-state index in [1.807, 2.05) is 24.3 Å². The summed E-state index contributed by atoms with van der Waals surface area (Å²) in [5.74, 6) is 0.836. The molecule has 1 N–H and O–H groups in total. The molecule has 0 radical (unpaired) electrons. The average Bonchev–Trinajstić information content (AvgIpc) is 3.94. The minimum atomic E-state index is -3.81. The standard InChI is InChI=1S/C64H73N3O/c1-39(2)44-35-53(40(3)4)59(68)54(36-44)60-66-58-52(18-17-19-56(58)67(60)57-38-49(63(11,12)13)28-29-51(57)42-22-26-48(27-23-42)62(8,9)10)45-32-46(34-50(33-45)64(14,15)16)55-37-43(30-31-65-55)41-20-24-47(25-21-41)61(5,6)7/h17-40,68H,1-16H3/i5D3,6D3,7D3,20D,21D,24D,25D. The predicted octanol–water partition coefficient (Wildman–Crippen LogP) is 17.9. The highest BCUT2D eigenvalue weighted by Crippen LogP contribution is 2.45. The van der Waals surface area contributed by atoms with Gasteiger partial charge in [0, 0.05) is 35.2 Å². The van der Waals surface area contributed by atoms with Gasteiger partial charge < -0.3 is 5.11 Å². The van der Waals surface area contributed by atoms with E-state index in [0.717, 1.165) is 55.7 Å². The zero-order chi connectivity index (χ0) is 60.2. The lowest BCUT2D eigenvalue weighted by atomic mass is 9.83. The molecule has 2 heterocycles. The van der Waals surface area contributed by atoms with Gasteiger partial charge in [-0.2, -0.15) is 0 Å². The number of phenols is 1. The highest BCUT2D eigenvalue weighted by atomic mass is 16.3. The molecule has 2 aromatic heterocycles. The Balaban J connectivity index is 1.42. The lowest BCUT2D eigenvalue weighted by molar-refractivity contribution is 0.466. The first-order chi connectivity index (χ1) is 37.2. The molecule has 0 aliphatic carbocycles. The maximum absolute atomic E-state index is 12.5. The molecule has 0 aliphatic heterocycles. The first-order valence-electron chi connectivity index (χ1n) is 30.1. The number of rotatable bonds is 8. The first kappa shape index (κ1) is 34.1. The van der Waals surface area contributed by atoms with Gasteiger partial charge in [0.05, 0.1) is 33.5 Å². The van der Waals surface area contributed by atoms with Gasteiger partial charge in [0.2, 0.25) is 0 Å². The van der Waals surface area contributed by atoms with E-state index in [0.29, 0.717) is 28.2 Å². The SMILES string of the molecule is [2H]c1c([2H])c(C(C([2H])([2H])[2H])(C([2H])([2H])[2H])C([2H])([2H])[2H])c([2H])c([2H])c1-c1ccnc(-c2cc(-c3cccc4c3nc(-c3cc(C(C)C)cc(C(C)C)c3O)n4-c3cc(C(C)(C)C)ccc3-c3ccc(C(C)(C)C)cc3)cc(C(C)(C)C)c2)c1. The molecule has 8 aromatic rings. The Hall–Kier alpha value is -6.26. The van der Waals surface area contributed by atoms with Gasteiger partial charge in [-0.1, -0.05) is 195 Å². The fraction of sp³-hybridized carbons (Fsp3) is 0.344. The fourth-order valence-corrected chi connectivity index (χ4v) is 8.71. The van der Waals surface area contributed by atoms with Crippen molar-refractivity contribution in [2.45, 2.75) is 144 Å². The van der Waals surface area contributed by atoms with Gasteiger partial charge in [-0.15, -0.1) is 0 Å². The highest BCUT2D eigenvalue weighted by Gasteiger charge is 2.27. The van der Waals surface area contributed by atoms with Crippen LogP contribution in [0.1, 0.15) is 174 Å². The largest absolute Gasteiger partial charge is 0.507 e. The third-order valence-electron chi connectivity index (χ3n) is 13.0. The summed E-state index contributed by atoms with van der Waals surface area (Å²) in [6, 6.07) is 30.9. The van der Waals surface area contributed by atoms with Crippen molar-refractivity contribution in [1.29, 1.82) is 0 Å². The van der Waals surface area contributed by atoms with Gasteiger partial charge in [0.15, 0.2) is 0 Å². The molecular formula is C64H73N3O. The van der Waals surface area contributed by atoms with E-state index in [1.54, 1.807) is 6.07 Å². The number of benzene rings is 6. The van der Waals surface area contributed by atoms with Crippen molar-refractivity contribution in [2.75, 3.05) is 0 Å². The third kappa shape index (κ3) is 9.57. The van der Waals surface area contributed by atoms with Gasteiger partial charge in [-0.05, 0) is 132 Å². The summed E-state index contributed by atoms with van der Waals surface area (Å²) in [6.07, 6.45) is 1.45. The summed E-state index contributed by atoms with van der Waals surface area (Å²) in [5, 5.41) is 12.5. The molecule has 0 atom stereocenters. The van der Waals surface area contributed by atoms with Crippen LogP contribution >= 0.6 is 0 Å². The Bertz CT molecular complexity index is 3670. The monoisotopic (exact) mass is 913 g/mol. The van der Waals surface area contributed by atoms with Crippen LogP contribution in [0.3, 0.4) is 0 Å². The maximum atomic E-state index is 12.5. The Morgan fingerprint density at radius 1 is 0.529 bits per heavy atom. The van der Waals surface area contributed by atoms with E-state index in [1.165, 1.54) is 17.8 Å². The Morgan fingerprint density at radius 2 is 1.18 bits per heavy atom. The van der Waals surface area contributed by atoms with E-state index in [9.17, 15) is 7.85 Å². The number of phenolic OH excluding ortho intramolecular Hbond substituents is 1. The van der Waals surface area contributed by atoms with Crippen LogP contribution in [0.15, 0.2) is 133 Å². The number of hydrogen-bond donors (Lipinski definition) is 1. The van der Waals surface area contributed by atoms with Crippen molar-refractivity contribution >= 4 is 11.0 Å². The maximum Gasteiger partial charge on any atom is 0.149 e. The van der Waals surface area contributed by atoms with Crippen molar-refractivity contribution in [2.24, 2.45) is 0 Å². The van der Waals surface area contributed by atoms with Gasteiger partial charge in [-0.3, -0.25) is 9.55 Å². The number of para-hydroxylation sites is 1. The summed E-state index contributed by atoms with van der Waals surface area (Å²) in [6.45, 7) is 16.4. The number of imidazole rings is 1. The zero-order valence-corrected chi connectivity index (χ0v) is 41.8. The summed E-state index contributed by atoms with van der Waals surface area (Å²) < 4.78 is 113. The summed E-state index contributed by atoms with van der Waals surface area (Å²) in [4.78, 5) is 10.4. The van der Waals surface area contributed by atoms with E-state index >= 15 is 0 Å². The van der Waals surface area contributed by atoms with E-state index in [-0.39, 0.29) is 39.5 Å². The number of pyridine rings is 1. The first-order valence-corrected chi connectivity index (χ1v) is 23.6. The Labute approximate surface area is 425 Å². The van der Waals surface area contributed by atoms with Crippen LogP contribution in [0.25, 0.3) is 72.7 Å². The summed E-state index contributed by atoms with van der Waals surface area (Å²) in [7, 11) is 0. The number of hydrogen-bond acceptors (Lipinski definition) is 3. The number of nitrogens with zero attached hydrogens (tertiary/aromatic N) is 3. The van der Waals surface area contributed by atoms with Crippen LogP contribution in [-0.2, 0) is 21.7 Å². The summed E-state index contributed by atoms with van der Waals surface area (Å²) >= 11 is 0. The molecule has 6 aromatic carbocycles. The second-order valence-electron chi connectivity index (χ2n) is 22.0. The normalized spacial score (nSPS) is 16.1. The molecule has 0 fully saturated rings. The highest BCUT2D eigenvalue weighted by molar-refractivity contribution is 5.98. The minimum Gasteiger partial charge on any atom is -0.507 e. The fourth-order valence-electron chi connectivity index (χ4n) is 8.71. The average molecular weight is 913 g/mol. The van der Waals surface area contributed by atoms with Gasteiger partial charge in [-0.25, -0.2) is 4.98 Å². The van der Waals surface area contributed by atoms with Crippen molar-refractivity contribution in [3.63, 3.8) is 0 Å². The number of aromatic nitrogens is 3. The molecule has 0 amide bonds. The van der Waals surface area contributed by atoms with Crippen LogP contribution in [-0.4, -0.2) is 19.6 Å². The molecule has 0 saturated carbocycles. The molecule has 0 aliphatic rings. The molecule has 4 heteroatoms. The second kappa shape index (κ2) is 17.7. The third-order valence-corrected chi connectivity index (χ3v) is 13.0. The van der Waals surface area contributed by atoms with E-state index < -0.39 is 61.1 Å². The van der Waals surface area contributed by atoms with Crippen LogP contribution in [0.4, 0.5) is 0 Å². The molecular weight excluding hydrogens is 827 g/mol. The smallest absolute Gasteiger partial charge is 0.149 e. The molecule has 8 rings (SSSR count). The molecule has 0 saturated heterocycles. The molecule has 0 unspecified atom stereocenters. The molecule has 68 heavy (non-hydrogen) atoms. The molecule has 0 bridgehead atoms. The quantitative estimate of drug-likeness (QED) is 0.165. The van der Waals surface area contributed by atoms with Gasteiger partial charge >= 0.3 is 0 Å². The van der Waals surface area contributed by atoms with Gasteiger partial charge in [0.1, 0.15) is 11.6 Å². The topological polar surface area (TPSA) is 50.9 Å². The Morgan fingerprint density at radius 3 is 1.79 bits per heavy atom. The van der Waals surface area contributed by atoms with Crippen LogP contribution in [0.2, 0.25) is 0 Å². The van der Waals surface area contributed by atoms with E-state index in [4.69, 9.17) is 25.0 Å². The van der Waals surface area contributed by atoms with Crippen molar-refractivity contribution in [1.82, 2.24) is 14.5 Å². The zero-order valence-electron chi connectivity index (χ0n) is 54.8. The van der Waals surface area contributed by atoms with Crippen LogP contribution in [0.5, 0.6) is 5.75 Å². The Kier molecular flexibility index (Phi) is 8.86. The molecule has 4 nitrogen and oxygen atoms in total. The molecule has 0 spiro atoms. The van der Waals surface area contributed by atoms with Crippen molar-refractivity contribution in [3.05, 3.63) is 167 Å². The predicted molar refractivity (Wildman–Crippen MR) is 291 cm³/mol. The van der Waals surface area contributed by atoms with Crippen LogP contribution in [0, 0.1) is 0 Å². The van der Waals surface area contributed by atoms with Crippen molar-refractivity contribution < 1.29 is 22.9 Å². The molecule has 350 valence electrons. The minimum absolute atomic E-state index is 0.00538.